The Morgan fingerprint density at radius 2 is 1.84 bits per heavy atom. The number of carbonyl (C=O) groups excluding carboxylic acids is 3. The van der Waals surface area contributed by atoms with Gasteiger partial charge in [-0.15, -0.1) is 0 Å². The number of nitro groups is 1. The van der Waals surface area contributed by atoms with Crippen LogP contribution in [0.25, 0.3) is 0 Å². The van der Waals surface area contributed by atoms with E-state index in [1.807, 2.05) is 6.92 Å². The van der Waals surface area contributed by atoms with Crippen LogP contribution in [0.3, 0.4) is 0 Å². The molecule has 32 heavy (non-hydrogen) atoms. The van der Waals surface area contributed by atoms with Crippen molar-refractivity contribution in [3.63, 3.8) is 0 Å². The van der Waals surface area contributed by atoms with Crippen molar-refractivity contribution in [1.29, 1.82) is 0 Å². The predicted molar refractivity (Wildman–Crippen MR) is 121 cm³/mol. The molecule has 9 nitrogen and oxygen atoms in total. The lowest BCUT2D eigenvalue weighted by Gasteiger charge is -2.16. The predicted octanol–water partition coefficient (Wildman–Crippen LogP) is 4.09. The van der Waals surface area contributed by atoms with Gasteiger partial charge in [0.05, 0.1) is 10.8 Å². The third-order valence-corrected chi connectivity index (χ3v) is 5.50. The molecular weight excluding hydrogens is 436 g/mol. The van der Waals surface area contributed by atoms with Crippen molar-refractivity contribution in [2.75, 3.05) is 23.7 Å². The number of likely N-dealkylation sites (tertiary alicyclic amines) is 1. The average molecular weight is 459 g/mol. The molecule has 1 saturated heterocycles. The first-order chi connectivity index (χ1) is 15.3. The molecule has 0 saturated carbocycles. The number of unbranched alkanes of at least 4 members (excludes halogenated alkanes) is 1. The van der Waals surface area contributed by atoms with Crippen LogP contribution < -0.4 is 10.6 Å². The number of hydrogen-bond donors (Lipinski definition) is 2. The van der Waals surface area contributed by atoms with E-state index in [2.05, 4.69) is 10.6 Å². The molecule has 1 heterocycles. The van der Waals surface area contributed by atoms with Gasteiger partial charge in [0, 0.05) is 42.5 Å². The summed E-state index contributed by atoms with van der Waals surface area (Å²) in [6, 6.07) is 10.2. The summed E-state index contributed by atoms with van der Waals surface area (Å²) < 4.78 is 0. The van der Waals surface area contributed by atoms with Gasteiger partial charge >= 0.3 is 0 Å². The molecule has 168 valence electrons. The van der Waals surface area contributed by atoms with Crippen molar-refractivity contribution in [3.05, 3.63) is 63.2 Å². The van der Waals surface area contributed by atoms with Crippen molar-refractivity contribution < 1.29 is 19.3 Å². The first kappa shape index (κ1) is 23.2. The van der Waals surface area contributed by atoms with Crippen molar-refractivity contribution >= 4 is 46.4 Å². The minimum atomic E-state index is -0.629. The number of anilines is 2. The van der Waals surface area contributed by atoms with Crippen LogP contribution in [0.15, 0.2) is 42.5 Å². The van der Waals surface area contributed by atoms with E-state index >= 15 is 0 Å². The molecule has 0 spiro atoms. The fraction of sp³-hybridized carbons (Fsp3) is 0.318. The molecule has 1 atom stereocenters. The summed E-state index contributed by atoms with van der Waals surface area (Å²) in [5.74, 6) is -1.11. The van der Waals surface area contributed by atoms with Crippen LogP contribution >= 0.6 is 11.6 Å². The number of nitrogens with zero attached hydrogens (tertiary/aromatic N) is 2. The Kier molecular flexibility index (Phi) is 7.42. The molecule has 0 bridgehead atoms. The quantitative estimate of drug-likeness (QED) is 0.455. The minimum Gasteiger partial charge on any atom is -0.342 e. The lowest BCUT2D eigenvalue weighted by atomic mass is 10.1. The summed E-state index contributed by atoms with van der Waals surface area (Å²) in [6.45, 7) is 3.13. The van der Waals surface area contributed by atoms with E-state index in [0.29, 0.717) is 24.3 Å². The second-order valence-electron chi connectivity index (χ2n) is 7.54. The highest BCUT2D eigenvalue weighted by atomic mass is 35.5. The van der Waals surface area contributed by atoms with Crippen LogP contribution in [0.1, 0.15) is 36.5 Å². The number of carbonyl (C=O) groups is 3. The van der Waals surface area contributed by atoms with E-state index in [4.69, 9.17) is 11.6 Å². The number of benzene rings is 2. The smallest absolute Gasteiger partial charge is 0.289 e. The highest BCUT2D eigenvalue weighted by Crippen LogP contribution is 2.27. The van der Waals surface area contributed by atoms with Crippen LogP contribution in [-0.2, 0) is 9.59 Å². The summed E-state index contributed by atoms with van der Waals surface area (Å²) in [7, 11) is 0. The molecular formula is C22H23ClN4O5. The first-order valence-corrected chi connectivity index (χ1v) is 10.6. The molecule has 0 aliphatic carbocycles. The lowest BCUT2D eigenvalue weighted by molar-refractivity contribution is -0.384. The Hall–Kier alpha value is -3.46. The molecule has 2 N–H and O–H groups in total. The summed E-state index contributed by atoms with van der Waals surface area (Å²) >= 11 is 5.78. The third kappa shape index (κ3) is 5.61. The van der Waals surface area contributed by atoms with Crippen LogP contribution in [0.4, 0.5) is 17.1 Å². The lowest BCUT2D eigenvalue weighted by Crippen LogP contribution is -2.29. The molecule has 3 amide bonds. The van der Waals surface area contributed by atoms with Crippen LogP contribution in [-0.4, -0.2) is 40.6 Å². The SMILES string of the molecule is CCCCN1C[C@H](C(=O)Nc2ccc(C(=O)Nc3ccc(Cl)c([N+](=O)[O-])c3)cc2)CC1=O. The number of amides is 3. The zero-order valence-corrected chi connectivity index (χ0v) is 18.2. The minimum absolute atomic E-state index is 0.00643. The van der Waals surface area contributed by atoms with E-state index in [9.17, 15) is 24.5 Å². The molecule has 0 radical (unpaired) electrons. The summed E-state index contributed by atoms with van der Waals surface area (Å²) in [5, 5.41) is 16.3. The average Bonchev–Trinajstić information content (AvgIpc) is 3.14. The van der Waals surface area contributed by atoms with Crippen LogP contribution in [0.2, 0.25) is 5.02 Å². The van der Waals surface area contributed by atoms with Gasteiger partial charge in [0.1, 0.15) is 5.02 Å². The Balaban J connectivity index is 1.58. The Morgan fingerprint density at radius 1 is 1.16 bits per heavy atom. The Bertz CT molecular complexity index is 1040. The monoisotopic (exact) mass is 458 g/mol. The molecule has 2 aromatic rings. The molecule has 1 aliphatic rings. The maximum absolute atomic E-state index is 12.5. The van der Waals surface area contributed by atoms with Crippen molar-refractivity contribution in [3.8, 4) is 0 Å². The fourth-order valence-electron chi connectivity index (χ4n) is 3.40. The van der Waals surface area contributed by atoms with Gasteiger partial charge in [-0.3, -0.25) is 24.5 Å². The largest absolute Gasteiger partial charge is 0.342 e. The summed E-state index contributed by atoms with van der Waals surface area (Å²) in [6.07, 6.45) is 2.09. The molecule has 0 aromatic heterocycles. The highest BCUT2D eigenvalue weighted by Gasteiger charge is 2.33. The van der Waals surface area contributed by atoms with Gasteiger partial charge in [0.2, 0.25) is 11.8 Å². The van der Waals surface area contributed by atoms with Gasteiger partial charge in [-0.25, -0.2) is 0 Å². The van der Waals surface area contributed by atoms with Gasteiger partial charge in [-0.2, -0.15) is 0 Å². The topological polar surface area (TPSA) is 122 Å². The van der Waals surface area contributed by atoms with E-state index in [-0.39, 0.29) is 34.6 Å². The molecule has 1 fully saturated rings. The third-order valence-electron chi connectivity index (χ3n) is 5.18. The van der Waals surface area contributed by atoms with Gasteiger partial charge in [0.25, 0.3) is 11.6 Å². The number of halogens is 1. The van der Waals surface area contributed by atoms with Crippen molar-refractivity contribution in [1.82, 2.24) is 4.90 Å². The van der Waals surface area contributed by atoms with Gasteiger partial charge in [-0.05, 0) is 42.8 Å². The maximum atomic E-state index is 12.5. The zero-order valence-electron chi connectivity index (χ0n) is 17.5. The fourth-order valence-corrected chi connectivity index (χ4v) is 3.58. The Morgan fingerprint density at radius 3 is 2.50 bits per heavy atom. The first-order valence-electron chi connectivity index (χ1n) is 10.2. The molecule has 2 aromatic carbocycles. The maximum Gasteiger partial charge on any atom is 0.289 e. The number of hydrogen-bond acceptors (Lipinski definition) is 5. The molecule has 0 unspecified atom stereocenters. The molecule has 3 rings (SSSR count). The van der Waals surface area contributed by atoms with Crippen LogP contribution in [0, 0.1) is 16.0 Å². The molecule has 10 heteroatoms. The standard InChI is InChI=1S/C22H23ClN4O5/c1-2-3-10-26-13-15(11-20(26)28)22(30)24-16-6-4-14(5-7-16)21(29)25-17-8-9-18(23)19(12-17)27(31)32/h4-9,12,15H,2-3,10-11,13H2,1H3,(H,24,30)(H,25,29)/t15-/m1/s1. The van der Waals surface area contributed by atoms with Crippen molar-refractivity contribution in [2.45, 2.75) is 26.2 Å². The van der Waals surface area contributed by atoms with Gasteiger partial charge in [-0.1, -0.05) is 24.9 Å². The van der Waals surface area contributed by atoms with E-state index in [1.165, 1.54) is 30.3 Å². The molecule has 1 aliphatic heterocycles. The highest BCUT2D eigenvalue weighted by molar-refractivity contribution is 6.32. The summed E-state index contributed by atoms with van der Waals surface area (Å²) in [5.41, 5.74) is 0.749. The second kappa shape index (κ2) is 10.2. The van der Waals surface area contributed by atoms with Crippen LogP contribution in [0.5, 0.6) is 0 Å². The van der Waals surface area contributed by atoms with E-state index < -0.39 is 16.7 Å². The second-order valence-corrected chi connectivity index (χ2v) is 7.95. The van der Waals surface area contributed by atoms with E-state index in [1.54, 1.807) is 17.0 Å². The Labute approximate surface area is 189 Å². The van der Waals surface area contributed by atoms with E-state index in [0.717, 1.165) is 12.8 Å². The number of nitro benzene ring substituents is 1. The summed E-state index contributed by atoms with van der Waals surface area (Å²) in [4.78, 5) is 49.1. The normalized spacial score (nSPS) is 15.5. The van der Waals surface area contributed by atoms with Crippen molar-refractivity contribution in [2.24, 2.45) is 5.92 Å². The number of rotatable bonds is 8. The zero-order chi connectivity index (χ0) is 23.3. The number of nitrogens with one attached hydrogen (secondary N) is 2. The van der Waals surface area contributed by atoms with Gasteiger partial charge in [0.15, 0.2) is 0 Å². The van der Waals surface area contributed by atoms with Gasteiger partial charge < -0.3 is 15.5 Å².